The van der Waals surface area contributed by atoms with Crippen LogP contribution in [0.25, 0.3) is 20.7 Å². The van der Waals surface area contributed by atoms with Crippen molar-refractivity contribution in [3.8, 4) is 10.4 Å². The summed E-state index contributed by atoms with van der Waals surface area (Å²) in [4.78, 5) is 17.8. The molecule has 0 saturated heterocycles. The lowest BCUT2D eigenvalue weighted by Gasteiger charge is -2.06. The maximum atomic E-state index is 12.7. The summed E-state index contributed by atoms with van der Waals surface area (Å²) in [5.74, 6) is 0. The highest BCUT2D eigenvalue weighted by atomic mass is 32.1. The second-order valence-corrected chi connectivity index (χ2v) is 6.82. The predicted octanol–water partition coefficient (Wildman–Crippen LogP) is 4.43. The van der Waals surface area contributed by atoms with E-state index < -0.39 is 0 Å². The zero-order valence-electron chi connectivity index (χ0n) is 10.8. The molecule has 0 aliphatic rings. The highest BCUT2D eigenvalue weighted by molar-refractivity contribution is 7.71. The quantitative estimate of drug-likeness (QED) is 0.573. The highest BCUT2D eigenvalue weighted by Crippen LogP contribution is 2.33. The molecule has 3 nitrogen and oxygen atoms in total. The molecular weight excluding hydrogens is 308 g/mol. The van der Waals surface area contributed by atoms with Gasteiger partial charge in [-0.05, 0) is 30.6 Å². The summed E-state index contributed by atoms with van der Waals surface area (Å²) in [5, 5.41) is 4.73. The Balaban J connectivity index is 2.35. The number of allylic oxidation sites excluding steroid dienone is 1. The van der Waals surface area contributed by atoms with Crippen molar-refractivity contribution in [2.24, 2.45) is 0 Å². The molecule has 20 heavy (non-hydrogen) atoms. The molecule has 0 aromatic carbocycles. The van der Waals surface area contributed by atoms with Crippen LogP contribution in [0, 0.1) is 4.77 Å². The molecule has 1 N–H and O–H groups in total. The monoisotopic (exact) mass is 320 g/mol. The summed E-state index contributed by atoms with van der Waals surface area (Å²) in [6.45, 7) is 6.19. The van der Waals surface area contributed by atoms with Crippen molar-refractivity contribution in [2.75, 3.05) is 0 Å². The van der Waals surface area contributed by atoms with Crippen LogP contribution in [0.3, 0.4) is 0 Å². The van der Waals surface area contributed by atoms with Gasteiger partial charge in [-0.1, -0.05) is 18.2 Å². The van der Waals surface area contributed by atoms with E-state index in [1.54, 1.807) is 15.9 Å². The van der Waals surface area contributed by atoms with E-state index in [1.807, 2.05) is 29.8 Å². The van der Waals surface area contributed by atoms with E-state index in [-0.39, 0.29) is 5.56 Å². The van der Waals surface area contributed by atoms with Gasteiger partial charge in [0, 0.05) is 22.4 Å². The van der Waals surface area contributed by atoms with Gasteiger partial charge >= 0.3 is 0 Å². The number of aromatic nitrogens is 2. The fourth-order valence-electron chi connectivity index (χ4n) is 2.08. The minimum Gasteiger partial charge on any atom is -0.323 e. The third-order valence-corrected chi connectivity index (χ3v) is 5.05. The zero-order valence-corrected chi connectivity index (χ0v) is 13.3. The largest absolute Gasteiger partial charge is 0.323 e. The van der Waals surface area contributed by atoms with E-state index >= 15 is 0 Å². The molecule has 0 amide bonds. The Labute approximate surface area is 128 Å². The Morgan fingerprint density at radius 1 is 1.50 bits per heavy atom. The Kier molecular flexibility index (Phi) is 3.45. The molecule has 102 valence electrons. The molecular formula is C14H12N2OS3. The van der Waals surface area contributed by atoms with Gasteiger partial charge < -0.3 is 4.98 Å². The third-order valence-electron chi connectivity index (χ3n) is 2.93. The molecule has 3 aromatic rings. The number of hydrogen-bond donors (Lipinski definition) is 1. The van der Waals surface area contributed by atoms with Crippen LogP contribution in [0.5, 0.6) is 0 Å². The van der Waals surface area contributed by atoms with Gasteiger partial charge in [0.15, 0.2) is 4.77 Å². The topological polar surface area (TPSA) is 37.8 Å². The Morgan fingerprint density at radius 2 is 2.30 bits per heavy atom. The number of hydrogen-bond acceptors (Lipinski definition) is 4. The average Bonchev–Trinajstić information content (AvgIpc) is 3.01. The van der Waals surface area contributed by atoms with Gasteiger partial charge in [0.05, 0.1) is 5.39 Å². The molecule has 0 fully saturated rings. The molecule has 0 saturated carbocycles. The van der Waals surface area contributed by atoms with Crippen LogP contribution in [-0.4, -0.2) is 9.55 Å². The van der Waals surface area contributed by atoms with Gasteiger partial charge in [-0.3, -0.25) is 9.36 Å². The molecule has 6 heteroatoms. The molecule has 0 bridgehead atoms. The van der Waals surface area contributed by atoms with Gasteiger partial charge in [0.2, 0.25) is 0 Å². The van der Waals surface area contributed by atoms with Gasteiger partial charge in [0.25, 0.3) is 5.56 Å². The van der Waals surface area contributed by atoms with Crippen molar-refractivity contribution in [3.05, 3.63) is 50.2 Å². The summed E-state index contributed by atoms with van der Waals surface area (Å²) in [6.07, 6.45) is 0. The molecule has 0 aliphatic carbocycles. The molecule has 0 atom stereocenters. The molecule has 0 unspecified atom stereocenters. The molecule has 3 rings (SSSR count). The van der Waals surface area contributed by atoms with Crippen molar-refractivity contribution in [3.63, 3.8) is 0 Å². The summed E-state index contributed by atoms with van der Waals surface area (Å²) in [7, 11) is 0. The number of fused-ring (bicyclic) bond motifs is 1. The molecule has 3 aromatic heterocycles. The predicted molar refractivity (Wildman–Crippen MR) is 89.4 cm³/mol. The Hall–Kier alpha value is -1.50. The lowest BCUT2D eigenvalue weighted by atomic mass is 10.2. The van der Waals surface area contributed by atoms with Crippen LogP contribution >= 0.6 is 34.9 Å². The molecule has 0 spiro atoms. The van der Waals surface area contributed by atoms with Crippen LogP contribution < -0.4 is 5.56 Å². The van der Waals surface area contributed by atoms with Crippen molar-refractivity contribution in [1.82, 2.24) is 9.55 Å². The first-order chi connectivity index (χ1) is 9.58. The van der Waals surface area contributed by atoms with E-state index in [1.165, 1.54) is 11.3 Å². The van der Waals surface area contributed by atoms with E-state index in [0.717, 1.165) is 20.8 Å². The fraction of sp³-hybridized carbons (Fsp3) is 0.143. The maximum Gasteiger partial charge on any atom is 0.264 e. The van der Waals surface area contributed by atoms with Gasteiger partial charge in [0.1, 0.15) is 4.83 Å². The maximum absolute atomic E-state index is 12.7. The lowest BCUT2D eigenvalue weighted by Crippen LogP contribution is -2.22. The van der Waals surface area contributed by atoms with Crippen molar-refractivity contribution in [2.45, 2.75) is 13.5 Å². The Bertz CT molecular complexity index is 897. The van der Waals surface area contributed by atoms with E-state index in [0.29, 0.717) is 16.7 Å². The summed E-state index contributed by atoms with van der Waals surface area (Å²) in [6, 6.07) is 4.01. The van der Waals surface area contributed by atoms with Crippen LogP contribution in [0.1, 0.15) is 6.92 Å². The van der Waals surface area contributed by atoms with E-state index in [4.69, 9.17) is 12.2 Å². The number of nitrogens with one attached hydrogen (secondary N) is 1. The number of aromatic amines is 1. The summed E-state index contributed by atoms with van der Waals surface area (Å²) in [5.41, 5.74) is 1.84. The van der Waals surface area contributed by atoms with Gasteiger partial charge in [-0.25, -0.2) is 0 Å². The number of rotatable bonds is 3. The lowest BCUT2D eigenvalue weighted by molar-refractivity contribution is 0.726. The fourth-order valence-corrected chi connectivity index (χ4v) is 4.17. The van der Waals surface area contributed by atoms with E-state index in [2.05, 4.69) is 11.6 Å². The number of thiophene rings is 2. The second-order valence-electron chi connectivity index (χ2n) is 4.61. The molecule has 3 heterocycles. The van der Waals surface area contributed by atoms with Crippen LogP contribution in [0.4, 0.5) is 0 Å². The van der Waals surface area contributed by atoms with Crippen LogP contribution in [-0.2, 0) is 6.54 Å². The van der Waals surface area contributed by atoms with Gasteiger partial charge in [-0.15, -0.1) is 22.7 Å². The highest BCUT2D eigenvalue weighted by Gasteiger charge is 2.14. The van der Waals surface area contributed by atoms with Gasteiger partial charge in [-0.2, -0.15) is 0 Å². The smallest absolute Gasteiger partial charge is 0.264 e. The zero-order chi connectivity index (χ0) is 14.3. The minimum atomic E-state index is -0.0450. The number of nitrogens with zero attached hydrogens (tertiary/aromatic N) is 1. The van der Waals surface area contributed by atoms with Crippen molar-refractivity contribution in [1.29, 1.82) is 0 Å². The normalized spacial score (nSPS) is 11.1. The minimum absolute atomic E-state index is 0.0450. The number of H-pyrrole nitrogens is 1. The van der Waals surface area contributed by atoms with Crippen molar-refractivity contribution < 1.29 is 0 Å². The summed E-state index contributed by atoms with van der Waals surface area (Å²) >= 11 is 8.42. The molecule has 0 aliphatic heterocycles. The first-order valence-corrected chi connectivity index (χ1v) is 8.17. The summed E-state index contributed by atoms with van der Waals surface area (Å²) < 4.78 is 2.02. The first kappa shape index (κ1) is 13.5. The molecule has 0 radical (unpaired) electrons. The van der Waals surface area contributed by atoms with Crippen LogP contribution in [0.2, 0.25) is 0 Å². The van der Waals surface area contributed by atoms with Crippen molar-refractivity contribution >= 4 is 45.1 Å². The van der Waals surface area contributed by atoms with E-state index in [9.17, 15) is 4.79 Å². The Morgan fingerprint density at radius 3 is 2.95 bits per heavy atom. The van der Waals surface area contributed by atoms with Crippen LogP contribution in [0.15, 0.2) is 39.8 Å². The SMILES string of the molecule is C=C(C)Cn1c(=S)[nH]c2scc(-c3cccs3)c2c1=O. The first-order valence-electron chi connectivity index (χ1n) is 6.00. The average molecular weight is 320 g/mol. The second kappa shape index (κ2) is 5.12. The third kappa shape index (κ3) is 2.19. The standard InChI is InChI=1S/C14H12N2OS3/c1-8(2)6-16-13(17)11-9(10-4-3-5-19-10)7-20-12(11)15-14(16)18/h3-5,7H,1,6H2,2H3,(H,15,18).